The number of hydrogen-bond acceptors (Lipinski definition) is 8. The van der Waals surface area contributed by atoms with Crippen molar-refractivity contribution < 1.29 is 0 Å². The quantitative estimate of drug-likeness (QED) is 0.145. The van der Waals surface area contributed by atoms with Gasteiger partial charge in [0.05, 0.1) is 91.6 Å². The van der Waals surface area contributed by atoms with Gasteiger partial charge in [0.2, 0.25) is 0 Å². The highest BCUT2D eigenvalue weighted by Gasteiger charge is 2.28. The summed E-state index contributed by atoms with van der Waals surface area (Å²) in [6.45, 7) is 0. The van der Waals surface area contributed by atoms with Crippen LogP contribution in [0.1, 0.15) is 27.8 Å². The Labute approximate surface area is 447 Å². The molecule has 0 aliphatic carbocycles. The Hall–Kier alpha value is -11.7. The van der Waals surface area contributed by atoms with E-state index in [1.165, 1.54) is 0 Å². The molecule has 0 aliphatic heterocycles. The summed E-state index contributed by atoms with van der Waals surface area (Å²) in [5.74, 6) is 1.36. The molecule has 0 atom stereocenters. The molecule has 0 radical (unpaired) electrons. The van der Waals surface area contributed by atoms with Gasteiger partial charge >= 0.3 is 0 Å². The molecule has 78 heavy (non-hydrogen) atoms. The van der Waals surface area contributed by atoms with Crippen molar-refractivity contribution in [1.29, 1.82) is 26.3 Å². The molecule has 0 unspecified atom stereocenters. The molecule has 358 valence electrons. The topological polar surface area (TPSA) is 167 Å². The third-order valence-electron chi connectivity index (χ3n) is 14.4. The van der Waals surface area contributed by atoms with Crippen LogP contribution in [0.2, 0.25) is 0 Å². The molecule has 13 rings (SSSR count). The molecule has 0 saturated carbocycles. The standard InChI is InChI=1S/C68H36N10/c69-37-42-25-29-51(49(33-42)40-72)46-27-31-60-56(35-46)53-18-7-9-21-58(53)77(60)62-23-11-17-48(39-71)64(62)65-55(68-75-66(44-13-3-1-4-14-44)74-67(76-68)45-15-5-2-6-16-45)20-12-24-63(65)78-59-22-10-8-19-54(59)57-36-47(28-32-61(57)78)52-30-26-43(38-70)34-50(52)41-73/h1-36H. The lowest BCUT2D eigenvalue weighted by Gasteiger charge is -2.22. The van der Waals surface area contributed by atoms with E-state index in [1.807, 2.05) is 140 Å². The molecule has 3 heterocycles. The van der Waals surface area contributed by atoms with Crippen LogP contribution in [0.3, 0.4) is 0 Å². The highest BCUT2D eigenvalue weighted by molar-refractivity contribution is 6.13. The van der Waals surface area contributed by atoms with Crippen molar-refractivity contribution in [3.05, 3.63) is 246 Å². The minimum absolute atomic E-state index is 0.397. The molecule has 0 bridgehead atoms. The van der Waals surface area contributed by atoms with E-state index >= 15 is 0 Å². The van der Waals surface area contributed by atoms with Crippen molar-refractivity contribution in [2.75, 3.05) is 0 Å². The summed E-state index contributed by atoms with van der Waals surface area (Å²) in [7, 11) is 0. The second kappa shape index (κ2) is 18.9. The fourth-order valence-electron chi connectivity index (χ4n) is 10.9. The molecule has 10 aromatic carbocycles. The monoisotopic (exact) mass is 992 g/mol. The zero-order valence-electron chi connectivity index (χ0n) is 41.3. The van der Waals surface area contributed by atoms with Crippen LogP contribution in [0.15, 0.2) is 218 Å². The molecule has 3 aromatic heterocycles. The predicted molar refractivity (Wildman–Crippen MR) is 305 cm³/mol. The van der Waals surface area contributed by atoms with Crippen molar-refractivity contribution in [3.8, 4) is 109 Å². The van der Waals surface area contributed by atoms with Gasteiger partial charge in [-0.15, -0.1) is 0 Å². The van der Waals surface area contributed by atoms with Crippen LogP contribution in [0.4, 0.5) is 0 Å². The number of hydrogen-bond donors (Lipinski definition) is 0. The zero-order valence-corrected chi connectivity index (χ0v) is 41.3. The maximum absolute atomic E-state index is 11.5. The van der Waals surface area contributed by atoms with E-state index in [4.69, 9.17) is 15.0 Å². The summed E-state index contributed by atoms with van der Waals surface area (Å²) in [6, 6.07) is 82.1. The van der Waals surface area contributed by atoms with Gasteiger partial charge < -0.3 is 9.13 Å². The first-order valence-electron chi connectivity index (χ1n) is 25.0. The summed E-state index contributed by atoms with van der Waals surface area (Å²) >= 11 is 0. The van der Waals surface area contributed by atoms with E-state index in [2.05, 4.69) is 94.1 Å². The molecule has 0 N–H and O–H groups in total. The van der Waals surface area contributed by atoms with Gasteiger partial charge in [0.25, 0.3) is 0 Å². The summed E-state index contributed by atoms with van der Waals surface area (Å²) in [5.41, 5.74) is 13.7. The minimum atomic E-state index is 0.397. The molecule has 10 heteroatoms. The van der Waals surface area contributed by atoms with Gasteiger partial charge in [-0.05, 0) is 101 Å². The molecule has 0 aliphatic rings. The van der Waals surface area contributed by atoms with Crippen LogP contribution in [-0.2, 0) is 0 Å². The SMILES string of the molecule is N#Cc1ccc(-c2ccc3c(c2)c2ccccc2n3-c2cccc(C#N)c2-c2c(-c3nc(-c4ccccc4)nc(-c4ccccc4)n3)cccc2-n2c3ccccc3c3cc(-c4ccc(C#N)cc4C#N)ccc32)c(C#N)c1. The highest BCUT2D eigenvalue weighted by Crippen LogP contribution is 2.47. The van der Waals surface area contributed by atoms with Crippen LogP contribution < -0.4 is 0 Å². The highest BCUT2D eigenvalue weighted by atomic mass is 15.0. The molecule has 0 saturated heterocycles. The molecule has 13 aromatic rings. The third-order valence-corrected chi connectivity index (χ3v) is 14.4. The van der Waals surface area contributed by atoms with Crippen molar-refractivity contribution in [2.45, 2.75) is 0 Å². The first kappa shape index (κ1) is 46.1. The largest absolute Gasteiger partial charge is 0.309 e. The van der Waals surface area contributed by atoms with E-state index < -0.39 is 0 Å². The molecule has 0 fully saturated rings. The van der Waals surface area contributed by atoms with E-state index in [-0.39, 0.29) is 0 Å². The van der Waals surface area contributed by atoms with Crippen molar-refractivity contribution >= 4 is 43.6 Å². The Balaban J connectivity index is 1.14. The van der Waals surface area contributed by atoms with Crippen molar-refractivity contribution in [3.63, 3.8) is 0 Å². The Bertz CT molecular complexity index is 4800. The van der Waals surface area contributed by atoms with Crippen molar-refractivity contribution in [2.24, 2.45) is 0 Å². The van der Waals surface area contributed by atoms with E-state index in [0.717, 1.165) is 77.2 Å². The smallest absolute Gasteiger partial charge is 0.164 e. The number of benzene rings is 10. The summed E-state index contributed by atoms with van der Waals surface area (Å²) in [6.07, 6.45) is 0. The van der Waals surface area contributed by atoms with Gasteiger partial charge in [0.1, 0.15) is 0 Å². The van der Waals surface area contributed by atoms with Crippen molar-refractivity contribution in [1.82, 2.24) is 24.1 Å². The second-order valence-electron chi connectivity index (χ2n) is 18.7. The first-order valence-corrected chi connectivity index (χ1v) is 25.0. The summed E-state index contributed by atoms with van der Waals surface area (Å²) < 4.78 is 4.44. The summed E-state index contributed by atoms with van der Waals surface area (Å²) in [4.78, 5) is 15.7. The number of nitrogens with zero attached hydrogens (tertiary/aromatic N) is 10. The Kier molecular flexibility index (Phi) is 11.2. The fraction of sp³-hybridized carbons (Fsp3) is 0. The average molecular weight is 993 g/mol. The van der Waals surface area contributed by atoms with Crippen LogP contribution in [-0.4, -0.2) is 24.1 Å². The molecule has 0 spiro atoms. The molecular weight excluding hydrogens is 957 g/mol. The van der Waals surface area contributed by atoms with Gasteiger partial charge in [-0.1, -0.05) is 140 Å². The van der Waals surface area contributed by atoms with Gasteiger partial charge in [0, 0.05) is 49.4 Å². The van der Waals surface area contributed by atoms with E-state index in [9.17, 15) is 26.3 Å². The van der Waals surface area contributed by atoms with E-state index in [0.29, 0.717) is 73.1 Å². The Morgan fingerprint density at radius 1 is 0.282 bits per heavy atom. The lowest BCUT2D eigenvalue weighted by molar-refractivity contribution is 1.07. The van der Waals surface area contributed by atoms with Crippen LogP contribution in [0, 0.1) is 56.7 Å². The van der Waals surface area contributed by atoms with Gasteiger partial charge in [-0.2, -0.15) is 26.3 Å². The van der Waals surface area contributed by atoms with Crippen LogP contribution in [0.5, 0.6) is 0 Å². The van der Waals surface area contributed by atoms with Gasteiger partial charge in [-0.25, -0.2) is 15.0 Å². The number of rotatable bonds is 8. The van der Waals surface area contributed by atoms with Crippen LogP contribution >= 0.6 is 0 Å². The summed E-state index contributed by atoms with van der Waals surface area (Å²) in [5, 5.41) is 55.2. The molecule has 0 amide bonds. The van der Waals surface area contributed by atoms with Gasteiger partial charge in [-0.3, -0.25) is 0 Å². The Morgan fingerprint density at radius 2 is 0.718 bits per heavy atom. The Morgan fingerprint density at radius 3 is 1.21 bits per heavy atom. The van der Waals surface area contributed by atoms with E-state index in [1.54, 1.807) is 24.3 Å². The normalized spacial score (nSPS) is 11.0. The predicted octanol–water partition coefficient (Wildman–Crippen LogP) is 15.4. The lowest BCUT2D eigenvalue weighted by atomic mass is 9.91. The molecule has 10 nitrogen and oxygen atoms in total. The lowest BCUT2D eigenvalue weighted by Crippen LogP contribution is -2.07. The third kappa shape index (κ3) is 7.57. The number of para-hydroxylation sites is 2. The maximum Gasteiger partial charge on any atom is 0.164 e. The fourth-order valence-corrected chi connectivity index (χ4v) is 10.9. The second-order valence-corrected chi connectivity index (χ2v) is 18.7. The van der Waals surface area contributed by atoms with Gasteiger partial charge in [0.15, 0.2) is 17.5 Å². The number of aromatic nitrogens is 5. The first-order chi connectivity index (χ1) is 38.5. The number of fused-ring (bicyclic) bond motifs is 6. The number of nitriles is 5. The minimum Gasteiger partial charge on any atom is -0.309 e. The molecular formula is C68H36N10. The average Bonchev–Trinajstić information content (AvgIpc) is 4.24. The maximum atomic E-state index is 11.5. The van der Waals surface area contributed by atoms with Crippen LogP contribution in [0.25, 0.3) is 123 Å². The zero-order chi connectivity index (χ0) is 52.9.